The van der Waals surface area contributed by atoms with Crippen molar-refractivity contribution in [1.29, 1.82) is 5.26 Å². The summed E-state index contributed by atoms with van der Waals surface area (Å²) >= 11 is 0. The number of ether oxygens (including phenoxy) is 1. The highest BCUT2D eigenvalue weighted by Crippen LogP contribution is 2.47. The molecule has 0 aromatic heterocycles. The van der Waals surface area contributed by atoms with Crippen molar-refractivity contribution in [1.82, 2.24) is 0 Å². The lowest BCUT2D eigenvalue weighted by Crippen LogP contribution is -2.17. The largest absolute Gasteiger partial charge is 0.454 e. The Morgan fingerprint density at radius 2 is 2.00 bits per heavy atom. The minimum absolute atomic E-state index is 0.0618. The van der Waals surface area contributed by atoms with E-state index in [1.165, 1.54) is 18.2 Å². The summed E-state index contributed by atoms with van der Waals surface area (Å²) in [5.41, 5.74) is 3.04. The second-order valence-electron chi connectivity index (χ2n) is 8.15. The lowest BCUT2D eigenvalue weighted by Gasteiger charge is -2.29. The van der Waals surface area contributed by atoms with E-state index >= 15 is 0 Å². The van der Waals surface area contributed by atoms with Gasteiger partial charge in [0.25, 0.3) is 0 Å². The van der Waals surface area contributed by atoms with Crippen LogP contribution in [-0.4, -0.2) is 26.8 Å². The molecule has 0 radical (unpaired) electrons. The first-order valence-electron chi connectivity index (χ1n) is 10.0. The number of hydrogen-bond donors (Lipinski definition) is 0. The number of nitriles is 1. The number of alkyl halides is 1. The van der Waals surface area contributed by atoms with Crippen LogP contribution in [0, 0.1) is 17.1 Å². The van der Waals surface area contributed by atoms with Crippen molar-refractivity contribution in [2.75, 3.05) is 6.26 Å². The summed E-state index contributed by atoms with van der Waals surface area (Å²) in [6.45, 7) is 1.15. The zero-order valence-electron chi connectivity index (χ0n) is 17.1. The van der Waals surface area contributed by atoms with Crippen LogP contribution >= 0.6 is 0 Å². The zero-order chi connectivity index (χ0) is 22.5. The predicted molar refractivity (Wildman–Crippen MR) is 109 cm³/mol. The third-order valence-corrected chi connectivity index (χ3v) is 7.23. The normalized spacial score (nSPS) is 22.4. The van der Waals surface area contributed by atoms with Crippen LogP contribution in [-0.2, 0) is 32.2 Å². The summed E-state index contributed by atoms with van der Waals surface area (Å²) < 4.78 is 59.0. The molecule has 0 saturated carbocycles. The Morgan fingerprint density at radius 1 is 1.26 bits per heavy atom. The van der Waals surface area contributed by atoms with Crippen LogP contribution in [0.3, 0.4) is 0 Å². The Morgan fingerprint density at radius 3 is 2.65 bits per heavy atom. The number of fused-ring (bicyclic) bond motifs is 2. The van der Waals surface area contributed by atoms with Crippen LogP contribution < -0.4 is 0 Å². The number of rotatable bonds is 3. The van der Waals surface area contributed by atoms with Crippen LogP contribution in [0.2, 0.25) is 0 Å². The fourth-order valence-corrected chi connectivity index (χ4v) is 5.94. The van der Waals surface area contributed by atoms with Crippen molar-refractivity contribution < 1.29 is 26.7 Å². The molecule has 0 saturated heterocycles. The molecular weight excluding hydrogens is 424 g/mol. The van der Waals surface area contributed by atoms with Gasteiger partial charge >= 0.3 is 5.97 Å². The fraction of sp³-hybridized carbons (Fsp3) is 0.391. The first-order valence-corrected chi connectivity index (χ1v) is 11.9. The summed E-state index contributed by atoms with van der Waals surface area (Å²) in [7, 11) is -3.71. The molecule has 0 fully saturated rings. The summed E-state index contributed by atoms with van der Waals surface area (Å²) in [6, 6.07) is 7.76. The van der Waals surface area contributed by atoms with E-state index in [-0.39, 0.29) is 28.4 Å². The lowest BCUT2D eigenvalue weighted by atomic mass is 9.75. The number of esters is 1. The van der Waals surface area contributed by atoms with E-state index in [2.05, 4.69) is 6.07 Å². The smallest absolute Gasteiger partial charge is 0.303 e. The standard InChI is InChI=1S/C23H21F2NO4S/c1-12(27)30-23-19(25)10-18-16(6-7-20(22(18)23)31(2,28)29)17-5-3-4-13-8-15(24)9-14(11-26)21(13)17/h6-9,17,19,23H,3-5,10H2,1-2H3/t17-,19-,23-/m1/s1. The summed E-state index contributed by atoms with van der Waals surface area (Å²) in [4.78, 5) is 11.5. The number of carbonyl (C=O) groups is 1. The molecular formula is C23H21F2NO4S. The van der Waals surface area contributed by atoms with Gasteiger partial charge in [-0.05, 0) is 59.7 Å². The lowest BCUT2D eigenvalue weighted by molar-refractivity contribution is -0.149. The molecule has 4 rings (SSSR count). The molecule has 0 aliphatic heterocycles. The van der Waals surface area contributed by atoms with Gasteiger partial charge in [0.1, 0.15) is 12.0 Å². The molecule has 162 valence electrons. The molecule has 8 heteroatoms. The van der Waals surface area contributed by atoms with Crippen LogP contribution in [0.25, 0.3) is 0 Å². The van der Waals surface area contributed by atoms with Gasteiger partial charge in [0.2, 0.25) is 0 Å². The molecule has 0 N–H and O–H groups in total. The van der Waals surface area contributed by atoms with E-state index in [9.17, 15) is 27.3 Å². The maximum Gasteiger partial charge on any atom is 0.303 e. The SMILES string of the molecule is CC(=O)O[C@H]1c2c(S(C)(=O)=O)ccc([C@H]3CCCc4cc(F)cc(C#N)c43)c2C[C@H]1F. The average molecular weight is 445 g/mol. The van der Waals surface area contributed by atoms with E-state index in [0.717, 1.165) is 25.2 Å². The van der Waals surface area contributed by atoms with Crippen molar-refractivity contribution in [2.45, 2.75) is 55.7 Å². The Kier molecular flexibility index (Phi) is 5.34. The monoisotopic (exact) mass is 445 g/mol. The van der Waals surface area contributed by atoms with Gasteiger partial charge in [-0.1, -0.05) is 6.07 Å². The molecule has 2 aliphatic rings. The fourth-order valence-electron chi connectivity index (χ4n) is 4.98. The molecule has 0 bridgehead atoms. The van der Waals surface area contributed by atoms with Gasteiger partial charge in [-0.2, -0.15) is 5.26 Å². The molecule has 3 atom stereocenters. The van der Waals surface area contributed by atoms with Crippen molar-refractivity contribution in [2.24, 2.45) is 0 Å². The molecule has 31 heavy (non-hydrogen) atoms. The van der Waals surface area contributed by atoms with Gasteiger partial charge < -0.3 is 4.74 Å². The Balaban J connectivity index is 1.96. The summed E-state index contributed by atoms with van der Waals surface area (Å²) in [6.07, 6.45) is 0.0975. The second-order valence-corrected chi connectivity index (χ2v) is 10.1. The molecule has 0 amide bonds. The third kappa shape index (κ3) is 3.72. The predicted octanol–water partition coefficient (Wildman–Crippen LogP) is 4.07. The van der Waals surface area contributed by atoms with E-state index in [1.807, 2.05) is 0 Å². The highest BCUT2D eigenvalue weighted by atomic mass is 32.2. The number of nitrogens with zero attached hydrogens (tertiary/aromatic N) is 1. The van der Waals surface area contributed by atoms with Gasteiger partial charge in [0, 0.05) is 31.1 Å². The Bertz CT molecular complexity index is 1230. The highest BCUT2D eigenvalue weighted by molar-refractivity contribution is 7.90. The number of carbonyl (C=O) groups excluding carboxylic acids is 1. The van der Waals surface area contributed by atoms with Crippen molar-refractivity contribution in [3.05, 3.63) is 63.5 Å². The number of halogens is 2. The molecule has 2 aliphatic carbocycles. The van der Waals surface area contributed by atoms with Crippen LogP contribution in [0.1, 0.15) is 65.2 Å². The minimum Gasteiger partial charge on any atom is -0.454 e. The third-order valence-electron chi connectivity index (χ3n) is 6.07. The number of aryl methyl sites for hydroxylation is 1. The van der Waals surface area contributed by atoms with Crippen molar-refractivity contribution in [3.8, 4) is 6.07 Å². The molecule has 2 aromatic carbocycles. The van der Waals surface area contributed by atoms with Crippen molar-refractivity contribution >= 4 is 15.8 Å². The van der Waals surface area contributed by atoms with Crippen LogP contribution in [0.4, 0.5) is 8.78 Å². The van der Waals surface area contributed by atoms with E-state index in [4.69, 9.17) is 4.74 Å². The maximum absolute atomic E-state index is 15.0. The number of sulfone groups is 1. The van der Waals surface area contributed by atoms with Gasteiger partial charge in [0.05, 0.1) is 16.5 Å². The summed E-state index contributed by atoms with van der Waals surface area (Å²) in [5, 5.41) is 9.60. The van der Waals surface area contributed by atoms with E-state index in [0.29, 0.717) is 29.5 Å². The molecule has 0 heterocycles. The van der Waals surface area contributed by atoms with E-state index < -0.39 is 33.9 Å². The average Bonchev–Trinajstić information content (AvgIpc) is 3.00. The first kappa shape index (κ1) is 21.4. The van der Waals surface area contributed by atoms with Crippen LogP contribution in [0.15, 0.2) is 29.2 Å². The first-order chi connectivity index (χ1) is 14.6. The van der Waals surface area contributed by atoms with Gasteiger partial charge in [-0.3, -0.25) is 4.79 Å². The Labute approximate surface area is 179 Å². The zero-order valence-corrected chi connectivity index (χ0v) is 17.9. The van der Waals surface area contributed by atoms with Crippen molar-refractivity contribution in [3.63, 3.8) is 0 Å². The van der Waals surface area contributed by atoms with Gasteiger partial charge in [-0.25, -0.2) is 17.2 Å². The number of benzene rings is 2. The summed E-state index contributed by atoms with van der Waals surface area (Å²) in [5.74, 6) is -1.48. The second kappa shape index (κ2) is 7.72. The highest BCUT2D eigenvalue weighted by Gasteiger charge is 2.42. The molecule has 0 spiro atoms. The number of hydrogen-bond acceptors (Lipinski definition) is 5. The minimum atomic E-state index is -3.71. The molecule has 0 unspecified atom stereocenters. The molecule has 2 aromatic rings. The quantitative estimate of drug-likeness (QED) is 0.665. The topological polar surface area (TPSA) is 84.2 Å². The molecule has 5 nitrogen and oxygen atoms in total. The van der Waals surface area contributed by atoms with Crippen LogP contribution in [0.5, 0.6) is 0 Å². The van der Waals surface area contributed by atoms with Gasteiger partial charge in [-0.15, -0.1) is 0 Å². The van der Waals surface area contributed by atoms with Gasteiger partial charge in [0.15, 0.2) is 15.9 Å². The maximum atomic E-state index is 15.0. The van der Waals surface area contributed by atoms with E-state index in [1.54, 1.807) is 6.07 Å². The Hall–Kier alpha value is -2.79.